The first-order valence-electron chi connectivity index (χ1n) is 10.6. The summed E-state index contributed by atoms with van der Waals surface area (Å²) in [4.78, 5) is 31.3. The summed E-state index contributed by atoms with van der Waals surface area (Å²) in [6.07, 6.45) is 0.194. The Bertz CT molecular complexity index is 1300. The summed E-state index contributed by atoms with van der Waals surface area (Å²) in [5, 5.41) is 14.8. The molecule has 0 radical (unpaired) electrons. The number of halogens is 2. The molecule has 2 aliphatic heterocycles. The van der Waals surface area contributed by atoms with Gasteiger partial charge in [-0.2, -0.15) is 0 Å². The van der Waals surface area contributed by atoms with Crippen LogP contribution in [0.4, 0.5) is 14.5 Å². The predicted octanol–water partition coefficient (Wildman–Crippen LogP) is 2.01. The van der Waals surface area contributed by atoms with Crippen molar-refractivity contribution in [2.45, 2.75) is 17.9 Å². The molecule has 2 saturated heterocycles. The van der Waals surface area contributed by atoms with Crippen LogP contribution in [-0.4, -0.2) is 64.6 Å². The number of carbonyl (C=O) groups is 2. The van der Waals surface area contributed by atoms with Crippen molar-refractivity contribution in [1.29, 1.82) is 0 Å². The zero-order valence-electron chi connectivity index (χ0n) is 18.2. The first-order valence-corrected chi connectivity index (χ1v) is 10.6. The minimum atomic E-state index is -2.78. The molecule has 0 bridgehead atoms. The highest BCUT2D eigenvalue weighted by atomic mass is 19.3. The maximum atomic E-state index is 13.4. The summed E-state index contributed by atoms with van der Waals surface area (Å²) in [6.45, 7) is -0.505. The van der Waals surface area contributed by atoms with Crippen molar-refractivity contribution in [3.63, 3.8) is 0 Å². The highest BCUT2D eigenvalue weighted by Gasteiger charge is 2.48. The van der Waals surface area contributed by atoms with Crippen molar-refractivity contribution in [3.05, 3.63) is 53.9 Å². The van der Waals surface area contributed by atoms with Gasteiger partial charge in [0.05, 0.1) is 18.8 Å². The Hall–Kier alpha value is -3.86. The topological polar surface area (TPSA) is 126 Å². The highest BCUT2D eigenvalue weighted by molar-refractivity contribution is 5.93. The lowest BCUT2D eigenvalue weighted by Crippen LogP contribution is -2.56. The second-order valence-electron chi connectivity index (χ2n) is 8.67. The number of aliphatic hydroxyl groups is 1. The van der Waals surface area contributed by atoms with E-state index >= 15 is 0 Å². The summed E-state index contributed by atoms with van der Waals surface area (Å²) >= 11 is 0. The number of anilines is 1. The fourth-order valence-electron chi connectivity index (χ4n) is 4.19. The number of amides is 2. The van der Waals surface area contributed by atoms with Crippen LogP contribution in [-0.2, 0) is 10.4 Å². The second kappa shape index (κ2) is 7.59. The molecule has 34 heavy (non-hydrogen) atoms. The monoisotopic (exact) mass is 469 g/mol. The van der Waals surface area contributed by atoms with Gasteiger partial charge in [-0.05, 0) is 18.2 Å². The van der Waals surface area contributed by atoms with Gasteiger partial charge in [-0.3, -0.25) is 9.59 Å². The number of rotatable bonds is 5. The first kappa shape index (κ1) is 22.0. The largest absolute Gasteiger partial charge is 0.373 e. The minimum absolute atomic E-state index is 0.0390. The first-order chi connectivity index (χ1) is 16.1. The summed E-state index contributed by atoms with van der Waals surface area (Å²) in [5.74, 6) is -3.95. The number of carbonyl (C=O) groups excluding carboxylic acids is 2. The van der Waals surface area contributed by atoms with Gasteiger partial charge in [0.25, 0.3) is 17.7 Å². The van der Waals surface area contributed by atoms with Crippen molar-refractivity contribution in [2.75, 3.05) is 31.6 Å². The molecule has 11 heteroatoms. The molecule has 3 aromatic rings. The lowest BCUT2D eigenvalue weighted by Gasteiger charge is -2.40. The molecule has 0 unspecified atom stereocenters. The van der Waals surface area contributed by atoms with Crippen LogP contribution >= 0.6 is 0 Å². The molecule has 176 valence electrons. The molecule has 2 aliphatic rings. The zero-order valence-corrected chi connectivity index (χ0v) is 18.2. The van der Waals surface area contributed by atoms with Crippen LogP contribution in [0.15, 0.2) is 47.0 Å². The summed E-state index contributed by atoms with van der Waals surface area (Å²) < 4.78 is 32.1. The van der Waals surface area contributed by atoms with Crippen molar-refractivity contribution in [2.24, 2.45) is 5.73 Å². The van der Waals surface area contributed by atoms with E-state index in [1.54, 1.807) is 37.4 Å². The van der Waals surface area contributed by atoms with Crippen LogP contribution in [0, 0.1) is 0 Å². The van der Waals surface area contributed by atoms with E-state index in [2.05, 4.69) is 10.1 Å². The van der Waals surface area contributed by atoms with Crippen molar-refractivity contribution < 1.29 is 28.0 Å². The maximum Gasteiger partial charge on any atom is 0.282 e. The quantitative estimate of drug-likeness (QED) is 0.585. The Labute approximate surface area is 192 Å². The molecule has 2 amide bonds. The smallest absolute Gasteiger partial charge is 0.282 e. The van der Waals surface area contributed by atoms with E-state index in [9.17, 15) is 23.5 Å². The van der Waals surface area contributed by atoms with Crippen molar-refractivity contribution >= 4 is 17.5 Å². The molecule has 0 saturated carbocycles. The molecule has 0 aliphatic carbocycles. The van der Waals surface area contributed by atoms with E-state index < -0.39 is 36.4 Å². The number of pyridine rings is 1. The van der Waals surface area contributed by atoms with Crippen molar-refractivity contribution in [1.82, 2.24) is 15.0 Å². The number of likely N-dealkylation sites (N-methyl/N-ethyl adjacent to an activating group) is 1. The summed E-state index contributed by atoms with van der Waals surface area (Å²) in [7, 11) is 1.60. The highest BCUT2D eigenvalue weighted by Crippen LogP contribution is 2.36. The standard InChI is InChI=1S/C23H21F2N5O4/c1-29-6-5-23(33,21(29)32)19-10-17(28-34-19)14-4-2-3-13(7-14)16-8-15(9-18(27-16)20(26)31)30-11-22(24,25)12-30/h2-4,7-10,33H,5-6,11-12H2,1H3,(H2,26,31)/t23-/m1/s1. The Morgan fingerprint density at radius 3 is 2.47 bits per heavy atom. The molecule has 1 aromatic carbocycles. The van der Waals surface area contributed by atoms with Crippen LogP contribution in [0.5, 0.6) is 0 Å². The Balaban J connectivity index is 1.48. The summed E-state index contributed by atoms with van der Waals surface area (Å²) in [6, 6.07) is 11.5. The van der Waals surface area contributed by atoms with Gasteiger partial charge in [-0.15, -0.1) is 0 Å². The van der Waals surface area contributed by atoms with Gasteiger partial charge in [0.2, 0.25) is 5.60 Å². The number of hydrogen-bond acceptors (Lipinski definition) is 7. The Kier molecular flexibility index (Phi) is 4.90. The van der Waals surface area contributed by atoms with Crippen LogP contribution in [0.3, 0.4) is 0 Å². The lowest BCUT2D eigenvalue weighted by molar-refractivity contribution is -0.144. The SMILES string of the molecule is CN1CC[C@@](O)(c2cc(-c3cccc(-c4cc(N5CC(F)(F)C5)cc(C(N)=O)n4)c3)no2)C1=O. The Morgan fingerprint density at radius 1 is 1.15 bits per heavy atom. The molecule has 0 spiro atoms. The number of nitrogens with two attached hydrogens (primary N) is 1. The van der Waals surface area contributed by atoms with Crippen LogP contribution in [0.2, 0.25) is 0 Å². The third-order valence-electron chi connectivity index (χ3n) is 6.15. The molecule has 2 aromatic heterocycles. The number of alkyl halides is 2. The van der Waals surface area contributed by atoms with Crippen LogP contribution < -0.4 is 10.6 Å². The lowest BCUT2D eigenvalue weighted by atomic mass is 9.97. The number of aromatic nitrogens is 2. The predicted molar refractivity (Wildman–Crippen MR) is 117 cm³/mol. The van der Waals surface area contributed by atoms with Crippen LogP contribution in [0.1, 0.15) is 22.7 Å². The number of hydrogen-bond donors (Lipinski definition) is 2. The fourth-order valence-corrected chi connectivity index (χ4v) is 4.19. The Morgan fingerprint density at radius 2 is 1.85 bits per heavy atom. The molecular weight excluding hydrogens is 448 g/mol. The number of likely N-dealkylation sites (tertiary alicyclic amines) is 1. The van der Waals surface area contributed by atoms with Gasteiger partial charge in [0.1, 0.15) is 11.4 Å². The second-order valence-corrected chi connectivity index (χ2v) is 8.67. The van der Waals surface area contributed by atoms with Gasteiger partial charge < -0.3 is 25.2 Å². The van der Waals surface area contributed by atoms with E-state index in [0.717, 1.165) is 0 Å². The van der Waals surface area contributed by atoms with Gasteiger partial charge in [0.15, 0.2) is 5.76 Å². The molecule has 4 heterocycles. The molecule has 2 fully saturated rings. The number of nitrogens with zero attached hydrogens (tertiary/aromatic N) is 4. The molecule has 3 N–H and O–H groups in total. The molecular formula is C23H21F2N5O4. The van der Waals surface area contributed by atoms with Gasteiger partial charge in [-0.1, -0.05) is 23.4 Å². The van der Waals surface area contributed by atoms with E-state index in [-0.39, 0.29) is 17.9 Å². The zero-order chi connectivity index (χ0) is 24.3. The van der Waals surface area contributed by atoms with E-state index in [0.29, 0.717) is 34.7 Å². The normalized spacial score (nSPS) is 21.6. The molecule has 1 atom stereocenters. The molecule has 9 nitrogen and oxygen atoms in total. The molecule has 5 rings (SSSR count). The van der Waals surface area contributed by atoms with Gasteiger partial charge >= 0.3 is 0 Å². The van der Waals surface area contributed by atoms with Gasteiger partial charge in [0, 0.05) is 42.9 Å². The minimum Gasteiger partial charge on any atom is -0.373 e. The number of benzene rings is 1. The van der Waals surface area contributed by atoms with Crippen LogP contribution in [0.25, 0.3) is 22.5 Å². The number of primary amides is 1. The summed E-state index contributed by atoms with van der Waals surface area (Å²) in [5.41, 5.74) is 6.00. The third kappa shape index (κ3) is 3.67. The van der Waals surface area contributed by atoms with Gasteiger partial charge in [-0.25, -0.2) is 13.8 Å². The van der Waals surface area contributed by atoms with E-state index in [4.69, 9.17) is 10.3 Å². The third-order valence-corrected chi connectivity index (χ3v) is 6.15. The average molecular weight is 469 g/mol. The average Bonchev–Trinajstić information content (AvgIpc) is 3.40. The maximum absolute atomic E-state index is 13.4. The fraction of sp³-hybridized carbons (Fsp3) is 0.304. The van der Waals surface area contributed by atoms with E-state index in [1.165, 1.54) is 21.9 Å². The van der Waals surface area contributed by atoms with Crippen molar-refractivity contribution in [3.8, 4) is 22.5 Å². The van der Waals surface area contributed by atoms with E-state index in [1.807, 2.05) is 0 Å².